The van der Waals surface area contributed by atoms with Gasteiger partial charge in [-0.25, -0.2) is 0 Å². The van der Waals surface area contributed by atoms with Gasteiger partial charge in [0.25, 0.3) is 0 Å². The molecule has 4 atom stereocenters. The molecule has 2 aliphatic rings. The zero-order valence-electron chi connectivity index (χ0n) is 16.9. The minimum Gasteiger partial charge on any atom is -0.463 e. The monoisotopic (exact) mass is 413 g/mol. The number of nitrogens with zero attached hydrogens (tertiary/aromatic N) is 5. The second-order valence-corrected chi connectivity index (χ2v) is 7.75. The van der Waals surface area contributed by atoms with Crippen LogP contribution in [0, 0.1) is 0 Å². The fraction of sp³-hybridized carbons (Fsp3) is 0.450. The molecule has 5 rings (SSSR count). The van der Waals surface area contributed by atoms with E-state index in [1.54, 1.807) is 10.9 Å². The second-order valence-electron chi connectivity index (χ2n) is 7.75. The zero-order valence-corrected chi connectivity index (χ0v) is 16.9. The standard InChI is InChI=1S/C20H24N6O4/c1-25(2)13-5-3-6-14(9-13)30-20-22-23-24-26(20)17-12-29-18-16(11-28-19(17)18)21-10-15-7-4-8-27-15/h3-9,16-19,21H,10-12H2,1-2H3/p+1/t16-,17-,18+,19+/m0/s1. The van der Waals surface area contributed by atoms with Gasteiger partial charge in [-0.15, -0.1) is 0 Å². The molecule has 10 heteroatoms. The molecule has 2 N–H and O–H groups in total. The predicted octanol–water partition coefficient (Wildman–Crippen LogP) is 0.595. The highest BCUT2D eigenvalue weighted by Gasteiger charge is 2.51. The molecule has 2 aliphatic heterocycles. The minimum absolute atomic E-state index is 0.0286. The molecule has 2 fully saturated rings. The van der Waals surface area contributed by atoms with Gasteiger partial charge in [0.2, 0.25) is 0 Å². The number of hydrogen-bond donors (Lipinski definition) is 1. The number of aromatic nitrogens is 4. The van der Waals surface area contributed by atoms with Crippen LogP contribution in [0.25, 0.3) is 0 Å². The molecule has 4 heterocycles. The van der Waals surface area contributed by atoms with Gasteiger partial charge in [-0.3, -0.25) is 0 Å². The van der Waals surface area contributed by atoms with Crippen LogP contribution in [0.5, 0.6) is 11.8 Å². The summed E-state index contributed by atoms with van der Waals surface area (Å²) in [4.78, 5) is 2.01. The summed E-state index contributed by atoms with van der Waals surface area (Å²) in [7, 11) is 3.96. The summed E-state index contributed by atoms with van der Waals surface area (Å²) in [5.41, 5.74) is 1.03. The Morgan fingerprint density at radius 3 is 2.90 bits per heavy atom. The lowest BCUT2D eigenvalue weighted by Crippen LogP contribution is -2.91. The second kappa shape index (κ2) is 8.05. The van der Waals surface area contributed by atoms with E-state index < -0.39 is 0 Å². The Morgan fingerprint density at radius 2 is 2.07 bits per heavy atom. The Kier molecular flexibility index (Phi) is 5.11. The molecule has 0 aliphatic carbocycles. The Bertz CT molecular complexity index is 975. The summed E-state index contributed by atoms with van der Waals surface area (Å²) in [5, 5.41) is 14.3. The first kappa shape index (κ1) is 19.0. The van der Waals surface area contributed by atoms with Crippen LogP contribution < -0.4 is 15.0 Å². The third-order valence-corrected chi connectivity index (χ3v) is 5.59. The first-order valence-electron chi connectivity index (χ1n) is 10.0. The number of nitrogens with two attached hydrogens (primary N) is 1. The zero-order chi connectivity index (χ0) is 20.5. The van der Waals surface area contributed by atoms with Gasteiger partial charge < -0.3 is 28.8 Å². The van der Waals surface area contributed by atoms with Crippen molar-refractivity contribution >= 4 is 5.69 Å². The van der Waals surface area contributed by atoms with E-state index in [9.17, 15) is 0 Å². The maximum absolute atomic E-state index is 6.09. The van der Waals surface area contributed by atoms with Crippen molar-refractivity contribution in [2.24, 2.45) is 0 Å². The number of hydrogen-bond acceptors (Lipinski definition) is 8. The van der Waals surface area contributed by atoms with Crippen molar-refractivity contribution in [1.82, 2.24) is 20.2 Å². The molecular weight excluding hydrogens is 388 g/mol. The Hall–Kier alpha value is -2.95. The lowest BCUT2D eigenvalue weighted by atomic mass is 10.1. The van der Waals surface area contributed by atoms with Crippen molar-refractivity contribution in [3.8, 4) is 11.8 Å². The third kappa shape index (κ3) is 3.64. The number of rotatable bonds is 7. The molecule has 0 bridgehead atoms. The van der Waals surface area contributed by atoms with Crippen LogP contribution >= 0.6 is 0 Å². The number of ether oxygens (including phenoxy) is 3. The lowest BCUT2D eigenvalue weighted by Gasteiger charge is -2.17. The van der Waals surface area contributed by atoms with E-state index >= 15 is 0 Å². The molecule has 158 valence electrons. The summed E-state index contributed by atoms with van der Waals surface area (Å²) >= 11 is 0. The van der Waals surface area contributed by atoms with Crippen molar-refractivity contribution < 1.29 is 23.9 Å². The Balaban J connectivity index is 1.27. The number of benzene rings is 1. The molecule has 1 aromatic carbocycles. The van der Waals surface area contributed by atoms with Gasteiger partial charge in [-0.2, -0.15) is 4.68 Å². The van der Waals surface area contributed by atoms with Crippen LogP contribution in [0.15, 0.2) is 47.1 Å². The highest BCUT2D eigenvalue weighted by atomic mass is 16.6. The quantitative estimate of drug-likeness (QED) is 0.600. The van der Waals surface area contributed by atoms with Gasteiger partial charge in [0.15, 0.2) is 5.76 Å². The first-order valence-corrected chi connectivity index (χ1v) is 10.0. The topological polar surface area (TPSA) is 104 Å². The molecule has 0 saturated carbocycles. The number of quaternary nitrogens is 1. The van der Waals surface area contributed by atoms with Crippen LogP contribution in [0.1, 0.15) is 11.8 Å². The van der Waals surface area contributed by atoms with E-state index in [4.69, 9.17) is 18.6 Å². The SMILES string of the molecule is CN(C)c1cccc(Oc2nnnn2[C@H]2CO[C@H]3[C@@H]2OC[C@@H]3[NH2+]Cc2ccco2)c1. The normalized spacial score (nSPS) is 25.4. The minimum atomic E-state index is -0.140. The predicted molar refractivity (Wildman–Crippen MR) is 105 cm³/mol. The van der Waals surface area contributed by atoms with Crippen molar-refractivity contribution in [1.29, 1.82) is 0 Å². The summed E-state index contributed by atoms with van der Waals surface area (Å²) in [6, 6.07) is 12.0. The number of fused-ring (bicyclic) bond motifs is 1. The molecule has 2 aromatic heterocycles. The molecular formula is C20H25N6O4+. The van der Waals surface area contributed by atoms with E-state index in [0.29, 0.717) is 25.0 Å². The highest BCUT2D eigenvalue weighted by Crippen LogP contribution is 2.35. The van der Waals surface area contributed by atoms with Crippen molar-refractivity contribution in [3.63, 3.8) is 0 Å². The van der Waals surface area contributed by atoms with E-state index in [1.165, 1.54) is 0 Å². The van der Waals surface area contributed by atoms with Gasteiger partial charge in [-0.1, -0.05) is 11.2 Å². The average Bonchev–Trinajstić information content (AvgIpc) is 3.52. The van der Waals surface area contributed by atoms with Gasteiger partial charge >= 0.3 is 6.01 Å². The van der Waals surface area contributed by atoms with Crippen LogP contribution in [-0.4, -0.2) is 65.8 Å². The van der Waals surface area contributed by atoms with Crippen molar-refractivity contribution in [2.75, 3.05) is 32.2 Å². The molecule has 0 spiro atoms. The fourth-order valence-corrected chi connectivity index (χ4v) is 4.01. The van der Waals surface area contributed by atoms with Crippen molar-refractivity contribution in [2.45, 2.75) is 30.8 Å². The third-order valence-electron chi connectivity index (χ3n) is 5.59. The van der Waals surface area contributed by atoms with Gasteiger partial charge in [0.05, 0.1) is 12.9 Å². The average molecular weight is 413 g/mol. The van der Waals surface area contributed by atoms with E-state index in [1.807, 2.05) is 55.4 Å². The largest absolute Gasteiger partial charge is 0.463 e. The van der Waals surface area contributed by atoms with Crippen LogP contribution in [0.3, 0.4) is 0 Å². The molecule has 30 heavy (non-hydrogen) atoms. The highest BCUT2D eigenvalue weighted by molar-refractivity contribution is 5.49. The van der Waals surface area contributed by atoms with Gasteiger partial charge in [0, 0.05) is 25.8 Å². The molecule has 0 radical (unpaired) electrons. The maximum atomic E-state index is 6.09. The molecule has 10 nitrogen and oxygen atoms in total. The van der Waals surface area contributed by atoms with Crippen LogP contribution in [0.4, 0.5) is 5.69 Å². The summed E-state index contributed by atoms with van der Waals surface area (Å²) < 4.78 is 25.3. The van der Waals surface area contributed by atoms with Crippen molar-refractivity contribution in [3.05, 3.63) is 48.4 Å². The van der Waals surface area contributed by atoms with Gasteiger partial charge in [0.1, 0.15) is 43.2 Å². The maximum Gasteiger partial charge on any atom is 0.341 e. The molecule has 0 unspecified atom stereocenters. The van der Waals surface area contributed by atoms with E-state index in [-0.39, 0.29) is 24.3 Å². The van der Waals surface area contributed by atoms with Gasteiger partial charge in [-0.05, 0) is 34.7 Å². The summed E-state index contributed by atoms with van der Waals surface area (Å²) in [5.74, 6) is 1.61. The van der Waals surface area contributed by atoms with Crippen LogP contribution in [-0.2, 0) is 16.0 Å². The fourth-order valence-electron chi connectivity index (χ4n) is 4.01. The Morgan fingerprint density at radius 1 is 1.17 bits per heavy atom. The lowest BCUT2D eigenvalue weighted by molar-refractivity contribution is -0.709. The van der Waals surface area contributed by atoms with E-state index in [2.05, 4.69) is 20.8 Å². The Labute approximate surface area is 173 Å². The van der Waals surface area contributed by atoms with E-state index in [0.717, 1.165) is 18.0 Å². The smallest absolute Gasteiger partial charge is 0.341 e. The first-order chi connectivity index (χ1) is 14.7. The van der Waals surface area contributed by atoms with Crippen LogP contribution in [0.2, 0.25) is 0 Å². The number of tetrazole rings is 1. The number of anilines is 1. The number of furan rings is 1. The molecule has 0 amide bonds. The summed E-state index contributed by atoms with van der Waals surface area (Å²) in [6.45, 7) is 1.83. The molecule has 3 aromatic rings. The molecule has 2 saturated heterocycles. The summed E-state index contributed by atoms with van der Waals surface area (Å²) in [6.07, 6.45) is 1.54.